The first-order valence-corrected chi connectivity index (χ1v) is 7.74. The second kappa shape index (κ2) is 8.12. The van der Waals surface area contributed by atoms with Crippen LogP contribution in [0.15, 0.2) is 24.3 Å². The van der Waals surface area contributed by atoms with Crippen LogP contribution in [0.3, 0.4) is 0 Å². The third-order valence-electron chi connectivity index (χ3n) is 3.98. The predicted molar refractivity (Wildman–Crippen MR) is 85.5 cm³/mol. The van der Waals surface area contributed by atoms with E-state index in [1.807, 2.05) is 0 Å². The van der Waals surface area contributed by atoms with Gasteiger partial charge in [0.25, 0.3) is 0 Å². The molecule has 112 valence electrons. The van der Waals surface area contributed by atoms with E-state index in [-0.39, 0.29) is 6.61 Å². The molecule has 0 saturated carbocycles. The summed E-state index contributed by atoms with van der Waals surface area (Å²) in [5.41, 5.74) is 2.35. The maximum absolute atomic E-state index is 9.05. The topological polar surface area (TPSA) is 47.5 Å². The summed E-state index contributed by atoms with van der Waals surface area (Å²) in [5, 5.41) is 16.0. The van der Waals surface area contributed by atoms with Crippen molar-refractivity contribution in [3.05, 3.63) is 24.3 Å². The van der Waals surface area contributed by atoms with E-state index in [4.69, 9.17) is 5.11 Å². The number of nitrogens with zero attached hydrogens (tertiary/aromatic N) is 1. The highest BCUT2D eigenvalue weighted by atomic mass is 16.3. The second-order valence-corrected chi connectivity index (χ2v) is 5.44. The molecule has 0 spiro atoms. The summed E-state index contributed by atoms with van der Waals surface area (Å²) < 4.78 is 0. The van der Waals surface area contributed by atoms with Crippen LogP contribution in [0.2, 0.25) is 0 Å². The van der Waals surface area contributed by atoms with Crippen molar-refractivity contribution in [1.29, 1.82) is 0 Å². The lowest BCUT2D eigenvalue weighted by molar-refractivity contribution is 0.302. The lowest BCUT2D eigenvalue weighted by Gasteiger charge is -2.24. The minimum Gasteiger partial charge on any atom is -0.395 e. The van der Waals surface area contributed by atoms with Crippen molar-refractivity contribution in [3.8, 4) is 0 Å². The molecule has 4 nitrogen and oxygen atoms in total. The van der Waals surface area contributed by atoms with Crippen molar-refractivity contribution in [1.82, 2.24) is 5.32 Å². The molecule has 0 bridgehead atoms. The first-order valence-electron chi connectivity index (χ1n) is 7.74. The molecule has 0 aliphatic carbocycles. The van der Waals surface area contributed by atoms with E-state index in [0.717, 1.165) is 25.6 Å². The Labute approximate surface area is 122 Å². The molecule has 1 aromatic rings. The Bertz CT molecular complexity index is 374. The zero-order valence-corrected chi connectivity index (χ0v) is 12.4. The van der Waals surface area contributed by atoms with Crippen molar-refractivity contribution in [2.45, 2.75) is 19.8 Å². The van der Waals surface area contributed by atoms with Gasteiger partial charge in [-0.3, -0.25) is 0 Å². The van der Waals surface area contributed by atoms with E-state index in [1.54, 1.807) is 0 Å². The minimum absolute atomic E-state index is 0.197. The number of nitrogens with one attached hydrogen (secondary N) is 2. The number of rotatable bonds is 7. The minimum atomic E-state index is 0.197. The fraction of sp³-hybridized carbons (Fsp3) is 0.625. The Kier molecular flexibility index (Phi) is 6.15. The molecule has 20 heavy (non-hydrogen) atoms. The van der Waals surface area contributed by atoms with Gasteiger partial charge in [0.2, 0.25) is 0 Å². The van der Waals surface area contributed by atoms with Gasteiger partial charge in [-0.05, 0) is 63.0 Å². The van der Waals surface area contributed by atoms with Crippen molar-refractivity contribution in [2.75, 3.05) is 49.5 Å². The highest BCUT2D eigenvalue weighted by Gasteiger charge is 2.12. The number of likely N-dealkylation sites (N-methyl/N-ethyl adjacent to an activating group) is 1. The molecule has 1 aliphatic heterocycles. The number of aliphatic hydroxyl groups excluding tert-OH is 1. The SMILES string of the molecule is CCN(CCO)c1ccc(NCC2CCCNC2)cc1. The number of aliphatic hydroxyl groups is 1. The molecule has 2 rings (SSSR count). The van der Waals surface area contributed by atoms with E-state index in [9.17, 15) is 0 Å². The summed E-state index contributed by atoms with van der Waals surface area (Å²) in [5.74, 6) is 0.741. The van der Waals surface area contributed by atoms with Crippen LogP contribution >= 0.6 is 0 Å². The molecule has 1 aromatic carbocycles. The van der Waals surface area contributed by atoms with Crippen LogP contribution in [0.4, 0.5) is 11.4 Å². The standard InChI is InChI=1S/C16H27N3O/c1-2-19(10-11-20)16-7-5-15(6-8-16)18-13-14-4-3-9-17-12-14/h5-8,14,17-18,20H,2-4,9-13H2,1H3. The number of hydrogen-bond donors (Lipinski definition) is 3. The summed E-state index contributed by atoms with van der Waals surface area (Å²) in [4.78, 5) is 2.18. The van der Waals surface area contributed by atoms with Gasteiger partial charge in [-0.15, -0.1) is 0 Å². The van der Waals surface area contributed by atoms with Crippen molar-refractivity contribution in [2.24, 2.45) is 5.92 Å². The van der Waals surface area contributed by atoms with E-state index in [0.29, 0.717) is 6.54 Å². The van der Waals surface area contributed by atoms with Gasteiger partial charge < -0.3 is 20.6 Å². The first kappa shape index (κ1) is 15.1. The van der Waals surface area contributed by atoms with Gasteiger partial charge in [-0.1, -0.05) is 0 Å². The fourth-order valence-electron chi connectivity index (χ4n) is 2.74. The Morgan fingerprint density at radius 2 is 2.15 bits per heavy atom. The van der Waals surface area contributed by atoms with E-state index >= 15 is 0 Å². The van der Waals surface area contributed by atoms with Crippen LogP contribution in [-0.4, -0.2) is 44.4 Å². The summed E-state index contributed by atoms with van der Waals surface area (Å²) in [6.45, 7) is 7.26. The Balaban J connectivity index is 1.84. The first-order chi connectivity index (χ1) is 9.83. The maximum atomic E-state index is 9.05. The van der Waals surface area contributed by atoms with Crippen molar-refractivity contribution < 1.29 is 5.11 Å². The highest BCUT2D eigenvalue weighted by Crippen LogP contribution is 2.18. The summed E-state index contributed by atoms with van der Waals surface area (Å²) in [6.07, 6.45) is 2.61. The van der Waals surface area contributed by atoms with Crippen LogP contribution in [0.5, 0.6) is 0 Å². The van der Waals surface area contributed by atoms with Gasteiger partial charge in [0.15, 0.2) is 0 Å². The zero-order chi connectivity index (χ0) is 14.2. The van der Waals surface area contributed by atoms with E-state index < -0.39 is 0 Å². The third-order valence-corrected chi connectivity index (χ3v) is 3.98. The van der Waals surface area contributed by atoms with Gasteiger partial charge in [0.1, 0.15) is 0 Å². The van der Waals surface area contributed by atoms with Crippen molar-refractivity contribution in [3.63, 3.8) is 0 Å². The predicted octanol–water partition coefficient (Wildman–Crippen LogP) is 1.92. The van der Waals surface area contributed by atoms with Crippen molar-refractivity contribution >= 4 is 11.4 Å². The maximum Gasteiger partial charge on any atom is 0.0606 e. The third kappa shape index (κ3) is 4.39. The molecular weight excluding hydrogens is 250 g/mol. The molecule has 4 heteroatoms. The van der Waals surface area contributed by atoms with Crippen LogP contribution in [0.25, 0.3) is 0 Å². The second-order valence-electron chi connectivity index (χ2n) is 5.44. The molecule has 1 unspecified atom stereocenters. The molecule has 0 radical (unpaired) electrons. The van der Waals surface area contributed by atoms with Gasteiger partial charge in [0.05, 0.1) is 6.61 Å². The smallest absolute Gasteiger partial charge is 0.0606 e. The summed E-state index contributed by atoms with van der Waals surface area (Å²) in [7, 11) is 0. The molecule has 1 fully saturated rings. The lowest BCUT2D eigenvalue weighted by atomic mass is 10.00. The number of benzene rings is 1. The quantitative estimate of drug-likeness (QED) is 0.712. The Morgan fingerprint density at radius 1 is 1.35 bits per heavy atom. The van der Waals surface area contributed by atoms with Gasteiger partial charge in [-0.2, -0.15) is 0 Å². The normalized spacial score (nSPS) is 18.8. The Morgan fingerprint density at radius 3 is 2.75 bits per heavy atom. The largest absolute Gasteiger partial charge is 0.395 e. The lowest BCUT2D eigenvalue weighted by Crippen LogP contribution is -2.33. The number of anilines is 2. The van der Waals surface area contributed by atoms with E-state index in [1.165, 1.54) is 30.8 Å². The molecule has 0 amide bonds. The number of hydrogen-bond acceptors (Lipinski definition) is 4. The molecule has 0 aromatic heterocycles. The van der Waals surface area contributed by atoms with Crippen LogP contribution in [-0.2, 0) is 0 Å². The highest BCUT2D eigenvalue weighted by molar-refractivity contribution is 5.55. The number of piperidine rings is 1. The van der Waals surface area contributed by atoms with E-state index in [2.05, 4.69) is 46.7 Å². The van der Waals surface area contributed by atoms with Gasteiger partial charge in [-0.25, -0.2) is 0 Å². The van der Waals surface area contributed by atoms with Crippen LogP contribution in [0.1, 0.15) is 19.8 Å². The average molecular weight is 277 g/mol. The van der Waals surface area contributed by atoms with Crippen LogP contribution in [0, 0.1) is 5.92 Å². The van der Waals surface area contributed by atoms with Gasteiger partial charge >= 0.3 is 0 Å². The van der Waals surface area contributed by atoms with Crippen LogP contribution < -0.4 is 15.5 Å². The molecule has 1 atom stereocenters. The molecule has 1 heterocycles. The summed E-state index contributed by atoms with van der Waals surface area (Å²) >= 11 is 0. The Hall–Kier alpha value is -1.26. The van der Waals surface area contributed by atoms with Gasteiger partial charge in [0, 0.05) is 31.0 Å². The zero-order valence-electron chi connectivity index (χ0n) is 12.4. The summed E-state index contributed by atoms with van der Waals surface area (Å²) in [6, 6.07) is 8.51. The molecule has 1 aliphatic rings. The monoisotopic (exact) mass is 277 g/mol. The molecule has 3 N–H and O–H groups in total. The average Bonchev–Trinajstić information content (AvgIpc) is 2.52. The molecule has 1 saturated heterocycles. The fourth-order valence-corrected chi connectivity index (χ4v) is 2.74. The molecular formula is C16H27N3O.